The number of amides is 1. The summed E-state index contributed by atoms with van der Waals surface area (Å²) in [6.45, 7) is 0.582. The molecule has 33 heavy (non-hydrogen) atoms. The molecule has 1 amide bonds. The van der Waals surface area contributed by atoms with Crippen LogP contribution in [-0.2, 0) is 6.54 Å². The van der Waals surface area contributed by atoms with Gasteiger partial charge in [0.15, 0.2) is 0 Å². The maximum atomic E-state index is 12.9. The van der Waals surface area contributed by atoms with Crippen molar-refractivity contribution < 1.29 is 19.0 Å². The minimum absolute atomic E-state index is 0.193. The zero-order valence-electron chi connectivity index (χ0n) is 18.6. The number of hydrogen-bond donors (Lipinski definition) is 1. The SMILES string of the molecule is COc1ccc(-c2cc3c(=O)n(CCNC(=O)c4cc(OC)cc(OC)c4)ccn3n2)cc1. The van der Waals surface area contributed by atoms with Gasteiger partial charge in [-0.1, -0.05) is 0 Å². The van der Waals surface area contributed by atoms with E-state index in [1.807, 2.05) is 24.3 Å². The second-order valence-corrected chi connectivity index (χ2v) is 7.24. The van der Waals surface area contributed by atoms with Gasteiger partial charge in [0.2, 0.25) is 0 Å². The van der Waals surface area contributed by atoms with Crippen molar-refractivity contribution in [2.75, 3.05) is 27.9 Å². The molecule has 9 heteroatoms. The number of nitrogens with zero attached hydrogens (tertiary/aromatic N) is 3. The van der Waals surface area contributed by atoms with Crippen molar-refractivity contribution in [3.8, 4) is 28.5 Å². The molecule has 170 valence electrons. The molecule has 0 atom stereocenters. The van der Waals surface area contributed by atoms with Crippen molar-refractivity contribution in [1.29, 1.82) is 0 Å². The van der Waals surface area contributed by atoms with Crippen molar-refractivity contribution in [2.24, 2.45) is 0 Å². The molecule has 0 bridgehead atoms. The van der Waals surface area contributed by atoms with E-state index in [0.717, 1.165) is 11.3 Å². The van der Waals surface area contributed by atoms with Crippen molar-refractivity contribution in [3.05, 3.63) is 76.8 Å². The first-order valence-corrected chi connectivity index (χ1v) is 10.3. The lowest BCUT2D eigenvalue weighted by Crippen LogP contribution is -2.31. The molecule has 2 aromatic carbocycles. The number of benzene rings is 2. The molecule has 0 saturated heterocycles. The third-order valence-electron chi connectivity index (χ3n) is 5.24. The van der Waals surface area contributed by atoms with Gasteiger partial charge in [-0.05, 0) is 42.5 Å². The fraction of sp³-hybridized carbons (Fsp3) is 0.208. The van der Waals surface area contributed by atoms with E-state index in [0.29, 0.717) is 34.8 Å². The van der Waals surface area contributed by atoms with Gasteiger partial charge >= 0.3 is 0 Å². The topological polar surface area (TPSA) is 96.1 Å². The van der Waals surface area contributed by atoms with Gasteiger partial charge in [-0.3, -0.25) is 9.59 Å². The Hall–Kier alpha value is -4.27. The standard InChI is InChI=1S/C24H24N4O5/c1-31-18-6-4-16(5-7-18)21-15-22-24(30)27(10-11-28(22)26-21)9-8-25-23(29)17-12-19(32-2)14-20(13-17)33-3/h4-7,10-15H,8-9H2,1-3H3,(H,25,29). The van der Waals surface area contributed by atoms with E-state index in [4.69, 9.17) is 14.2 Å². The number of methoxy groups -OCH3 is 3. The molecule has 4 rings (SSSR count). The molecule has 2 heterocycles. The molecular formula is C24H24N4O5. The van der Waals surface area contributed by atoms with E-state index in [-0.39, 0.29) is 18.0 Å². The van der Waals surface area contributed by atoms with Crippen molar-refractivity contribution in [1.82, 2.24) is 19.5 Å². The Morgan fingerprint density at radius 3 is 2.21 bits per heavy atom. The van der Waals surface area contributed by atoms with Gasteiger partial charge < -0.3 is 24.1 Å². The van der Waals surface area contributed by atoms with Crippen LogP contribution in [0.15, 0.2) is 65.7 Å². The summed E-state index contributed by atoms with van der Waals surface area (Å²) < 4.78 is 18.7. The second kappa shape index (κ2) is 9.47. The van der Waals surface area contributed by atoms with Crippen LogP contribution in [0.25, 0.3) is 16.8 Å². The molecule has 0 radical (unpaired) electrons. The summed E-state index contributed by atoms with van der Waals surface area (Å²) in [6, 6.07) is 14.2. The molecule has 0 fully saturated rings. The van der Waals surface area contributed by atoms with Crippen LogP contribution in [0.2, 0.25) is 0 Å². The van der Waals surface area contributed by atoms with E-state index in [9.17, 15) is 9.59 Å². The number of carbonyl (C=O) groups is 1. The van der Waals surface area contributed by atoms with Crippen LogP contribution in [-0.4, -0.2) is 48.0 Å². The Morgan fingerprint density at radius 1 is 0.909 bits per heavy atom. The van der Waals surface area contributed by atoms with E-state index >= 15 is 0 Å². The number of ether oxygens (including phenoxy) is 3. The first kappa shape index (κ1) is 21.9. The Labute approximate surface area is 190 Å². The molecule has 4 aromatic rings. The monoisotopic (exact) mass is 448 g/mol. The van der Waals surface area contributed by atoms with Crippen molar-refractivity contribution >= 4 is 11.4 Å². The molecule has 1 N–H and O–H groups in total. The smallest absolute Gasteiger partial charge is 0.276 e. The molecular weight excluding hydrogens is 424 g/mol. The zero-order chi connectivity index (χ0) is 23.4. The Morgan fingerprint density at radius 2 is 1.58 bits per heavy atom. The summed E-state index contributed by atoms with van der Waals surface area (Å²) in [4.78, 5) is 25.5. The molecule has 2 aromatic heterocycles. The van der Waals surface area contributed by atoms with Crippen LogP contribution >= 0.6 is 0 Å². The van der Waals surface area contributed by atoms with Crippen LogP contribution in [0.3, 0.4) is 0 Å². The number of carbonyl (C=O) groups excluding carboxylic acids is 1. The number of hydrogen-bond acceptors (Lipinski definition) is 6. The number of fused-ring (bicyclic) bond motifs is 1. The lowest BCUT2D eigenvalue weighted by atomic mass is 10.1. The number of rotatable bonds is 8. The van der Waals surface area contributed by atoms with Crippen LogP contribution < -0.4 is 25.1 Å². The van der Waals surface area contributed by atoms with Gasteiger partial charge in [-0.2, -0.15) is 5.10 Å². The lowest BCUT2D eigenvalue weighted by Gasteiger charge is -2.10. The van der Waals surface area contributed by atoms with E-state index < -0.39 is 0 Å². The summed E-state index contributed by atoms with van der Waals surface area (Å²) in [5, 5.41) is 7.31. The zero-order valence-corrected chi connectivity index (χ0v) is 18.6. The molecule has 0 aliphatic rings. The summed E-state index contributed by atoms with van der Waals surface area (Å²) in [6.07, 6.45) is 3.37. The van der Waals surface area contributed by atoms with E-state index in [2.05, 4.69) is 10.4 Å². The highest BCUT2D eigenvalue weighted by atomic mass is 16.5. The van der Waals surface area contributed by atoms with E-state index in [1.165, 1.54) is 14.2 Å². The Kier molecular flexibility index (Phi) is 6.30. The minimum Gasteiger partial charge on any atom is -0.497 e. The maximum absolute atomic E-state index is 12.9. The van der Waals surface area contributed by atoms with Gasteiger partial charge in [-0.25, -0.2) is 4.52 Å². The molecule has 0 saturated carbocycles. The Balaban J connectivity index is 1.47. The van der Waals surface area contributed by atoms with Gasteiger partial charge in [0.25, 0.3) is 11.5 Å². The van der Waals surface area contributed by atoms with Crippen LogP contribution in [0.4, 0.5) is 0 Å². The van der Waals surface area contributed by atoms with Crippen molar-refractivity contribution in [2.45, 2.75) is 6.54 Å². The number of nitrogens with one attached hydrogen (secondary N) is 1. The summed E-state index contributed by atoms with van der Waals surface area (Å²) in [5.74, 6) is 1.51. The van der Waals surface area contributed by atoms with Gasteiger partial charge in [0.05, 0.1) is 27.0 Å². The third-order valence-corrected chi connectivity index (χ3v) is 5.24. The predicted octanol–water partition coefficient (Wildman–Crippen LogP) is 2.62. The fourth-order valence-electron chi connectivity index (χ4n) is 3.44. The molecule has 0 unspecified atom stereocenters. The highest BCUT2D eigenvalue weighted by Crippen LogP contribution is 2.23. The highest BCUT2D eigenvalue weighted by Gasteiger charge is 2.12. The van der Waals surface area contributed by atoms with Gasteiger partial charge in [0, 0.05) is 42.7 Å². The van der Waals surface area contributed by atoms with Crippen LogP contribution in [0.5, 0.6) is 17.2 Å². The Bertz CT molecular complexity index is 1320. The van der Waals surface area contributed by atoms with E-state index in [1.54, 1.807) is 52.9 Å². The van der Waals surface area contributed by atoms with Crippen molar-refractivity contribution in [3.63, 3.8) is 0 Å². The molecule has 0 spiro atoms. The maximum Gasteiger partial charge on any atom is 0.276 e. The first-order valence-electron chi connectivity index (χ1n) is 10.3. The molecule has 0 aliphatic heterocycles. The predicted molar refractivity (Wildman–Crippen MR) is 123 cm³/mol. The molecule has 9 nitrogen and oxygen atoms in total. The van der Waals surface area contributed by atoms with Gasteiger partial charge in [0.1, 0.15) is 22.8 Å². The highest BCUT2D eigenvalue weighted by molar-refractivity contribution is 5.95. The summed E-state index contributed by atoms with van der Waals surface area (Å²) >= 11 is 0. The molecule has 0 aliphatic carbocycles. The van der Waals surface area contributed by atoms with Crippen LogP contribution in [0.1, 0.15) is 10.4 Å². The lowest BCUT2D eigenvalue weighted by molar-refractivity contribution is 0.0951. The second-order valence-electron chi connectivity index (χ2n) is 7.24. The third kappa shape index (κ3) is 4.67. The fourth-order valence-corrected chi connectivity index (χ4v) is 3.44. The average Bonchev–Trinajstić information content (AvgIpc) is 3.30. The quantitative estimate of drug-likeness (QED) is 0.445. The van der Waals surface area contributed by atoms with Gasteiger partial charge in [-0.15, -0.1) is 0 Å². The minimum atomic E-state index is -0.285. The average molecular weight is 448 g/mol. The number of aromatic nitrogens is 3. The first-order chi connectivity index (χ1) is 16.0. The summed E-state index contributed by atoms with van der Waals surface area (Å²) in [5.41, 5.74) is 2.24. The largest absolute Gasteiger partial charge is 0.497 e. The van der Waals surface area contributed by atoms with Crippen LogP contribution in [0, 0.1) is 0 Å². The normalized spacial score (nSPS) is 10.8. The summed E-state index contributed by atoms with van der Waals surface area (Å²) in [7, 11) is 4.66.